The van der Waals surface area contributed by atoms with Crippen LogP contribution in [0.1, 0.15) is 34.5 Å². The van der Waals surface area contributed by atoms with Crippen molar-refractivity contribution in [3.63, 3.8) is 0 Å². The highest BCUT2D eigenvalue weighted by Crippen LogP contribution is 2.30. The number of halogens is 1. The third-order valence-corrected chi connectivity index (χ3v) is 3.57. The topological polar surface area (TPSA) is 33.5 Å². The molecule has 20 heavy (non-hydrogen) atoms. The number of amides is 1. The summed E-state index contributed by atoms with van der Waals surface area (Å²) in [6.07, 6.45) is 3.60. The molecule has 0 N–H and O–H groups in total. The minimum atomic E-state index is -0.343. The first kappa shape index (κ1) is 12.9. The van der Waals surface area contributed by atoms with Gasteiger partial charge in [0.1, 0.15) is 11.6 Å². The molecular weight excluding hydrogens is 257 g/mol. The first-order valence-electron chi connectivity index (χ1n) is 6.74. The fourth-order valence-corrected chi connectivity index (χ4v) is 2.22. The molecule has 0 atom stereocenters. The van der Waals surface area contributed by atoms with Crippen LogP contribution in [0.4, 0.5) is 4.39 Å². The van der Waals surface area contributed by atoms with Crippen LogP contribution in [-0.2, 0) is 6.54 Å². The maximum Gasteiger partial charge on any atom is 0.254 e. The van der Waals surface area contributed by atoms with Gasteiger partial charge in [0.15, 0.2) is 0 Å². The number of nitrogens with zero attached hydrogens (tertiary/aromatic N) is 1. The molecule has 1 heterocycles. The quantitative estimate of drug-likeness (QED) is 0.853. The molecule has 1 aromatic carbocycles. The molecule has 0 saturated heterocycles. The van der Waals surface area contributed by atoms with Crippen molar-refractivity contribution in [3.05, 3.63) is 59.3 Å². The lowest BCUT2D eigenvalue weighted by molar-refractivity contribution is 0.0717. The predicted molar refractivity (Wildman–Crippen MR) is 72.7 cm³/mol. The summed E-state index contributed by atoms with van der Waals surface area (Å²) in [4.78, 5) is 14.3. The summed E-state index contributed by atoms with van der Waals surface area (Å²) in [6.45, 7) is 2.12. The Morgan fingerprint density at radius 3 is 2.80 bits per heavy atom. The van der Waals surface area contributed by atoms with E-state index in [1.165, 1.54) is 6.07 Å². The average molecular weight is 273 g/mol. The van der Waals surface area contributed by atoms with Crippen LogP contribution in [0.3, 0.4) is 0 Å². The lowest BCUT2D eigenvalue weighted by Crippen LogP contribution is -2.32. The maximum absolute atomic E-state index is 13.6. The number of carbonyl (C=O) groups is 1. The summed E-state index contributed by atoms with van der Waals surface area (Å²) in [7, 11) is 0. The molecule has 1 aliphatic rings. The Morgan fingerprint density at radius 2 is 2.20 bits per heavy atom. The van der Waals surface area contributed by atoms with E-state index in [1.54, 1.807) is 36.3 Å². The molecule has 0 aliphatic heterocycles. The second-order valence-corrected chi connectivity index (χ2v) is 5.21. The van der Waals surface area contributed by atoms with E-state index in [-0.39, 0.29) is 17.8 Å². The first-order valence-corrected chi connectivity index (χ1v) is 6.74. The van der Waals surface area contributed by atoms with E-state index in [4.69, 9.17) is 4.42 Å². The van der Waals surface area contributed by atoms with E-state index < -0.39 is 0 Å². The first-order chi connectivity index (χ1) is 9.65. The number of hydrogen-bond donors (Lipinski definition) is 0. The van der Waals surface area contributed by atoms with Crippen molar-refractivity contribution < 1.29 is 13.6 Å². The Balaban J connectivity index is 1.83. The lowest BCUT2D eigenvalue weighted by atomic mass is 10.1. The van der Waals surface area contributed by atoms with Gasteiger partial charge in [-0.2, -0.15) is 0 Å². The zero-order valence-electron chi connectivity index (χ0n) is 11.3. The van der Waals surface area contributed by atoms with E-state index in [1.807, 2.05) is 6.07 Å². The Kier molecular flexibility index (Phi) is 3.30. The number of furan rings is 1. The summed E-state index contributed by atoms with van der Waals surface area (Å²) in [5.41, 5.74) is 0.942. The number of carbonyl (C=O) groups excluding carboxylic acids is 1. The van der Waals surface area contributed by atoms with Crippen LogP contribution in [0.2, 0.25) is 0 Å². The Bertz CT molecular complexity index is 617. The molecule has 2 aromatic rings. The number of aryl methyl sites for hydroxylation is 1. The van der Waals surface area contributed by atoms with Crippen molar-refractivity contribution in [2.45, 2.75) is 32.4 Å². The molecule has 1 aliphatic carbocycles. The molecule has 0 spiro atoms. The molecular formula is C16H16FNO2. The lowest BCUT2D eigenvalue weighted by Gasteiger charge is -2.21. The van der Waals surface area contributed by atoms with Crippen molar-refractivity contribution in [1.29, 1.82) is 0 Å². The van der Waals surface area contributed by atoms with Crippen molar-refractivity contribution in [1.82, 2.24) is 4.90 Å². The summed E-state index contributed by atoms with van der Waals surface area (Å²) in [6, 6.07) is 8.53. The molecule has 104 valence electrons. The minimum absolute atomic E-state index is 0.136. The molecule has 1 aromatic heterocycles. The Morgan fingerprint density at radius 1 is 1.40 bits per heavy atom. The molecule has 0 bridgehead atoms. The smallest absolute Gasteiger partial charge is 0.254 e. The fraction of sp³-hybridized carbons (Fsp3) is 0.312. The van der Waals surface area contributed by atoms with E-state index in [9.17, 15) is 9.18 Å². The Labute approximate surface area is 117 Å². The third kappa shape index (κ3) is 2.59. The van der Waals surface area contributed by atoms with Crippen LogP contribution in [0.15, 0.2) is 41.0 Å². The van der Waals surface area contributed by atoms with Gasteiger partial charge < -0.3 is 9.32 Å². The molecule has 1 saturated carbocycles. The van der Waals surface area contributed by atoms with Crippen LogP contribution in [0.5, 0.6) is 0 Å². The molecule has 0 radical (unpaired) electrons. The molecule has 1 fully saturated rings. The van der Waals surface area contributed by atoms with E-state index in [0.29, 0.717) is 17.7 Å². The molecule has 3 rings (SSSR count). The van der Waals surface area contributed by atoms with Gasteiger partial charge in [0.2, 0.25) is 0 Å². The summed E-state index contributed by atoms with van der Waals surface area (Å²) in [5.74, 6) is 0.269. The van der Waals surface area contributed by atoms with Crippen LogP contribution in [-0.4, -0.2) is 16.8 Å². The third-order valence-electron chi connectivity index (χ3n) is 3.57. The second kappa shape index (κ2) is 5.12. The van der Waals surface area contributed by atoms with Crippen LogP contribution < -0.4 is 0 Å². The average Bonchev–Trinajstić information content (AvgIpc) is 3.15. The molecule has 3 nitrogen and oxygen atoms in total. The van der Waals surface area contributed by atoms with Gasteiger partial charge in [-0.3, -0.25) is 4.79 Å². The number of hydrogen-bond acceptors (Lipinski definition) is 2. The van der Waals surface area contributed by atoms with Gasteiger partial charge in [0.05, 0.1) is 12.8 Å². The SMILES string of the molecule is Cc1ccc(C(=O)N(Cc2ccco2)C2CC2)cc1F. The normalized spacial score (nSPS) is 14.3. The molecule has 4 heteroatoms. The zero-order valence-corrected chi connectivity index (χ0v) is 11.3. The van der Waals surface area contributed by atoms with Gasteiger partial charge in [-0.1, -0.05) is 6.07 Å². The van der Waals surface area contributed by atoms with Gasteiger partial charge in [0.25, 0.3) is 5.91 Å². The van der Waals surface area contributed by atoms with Crippen LogP contribution in [0, 0.1) is 12.7 Å². The summed E-state index contributed by atoms with van der Waals surface area (Å²) in [5, 5.41) is 0. The predicted octanol–water partition coefficient (Wildman–Crippen LogP) is 3.53. The monoisotopic (exact) mass is 273 g/mol. The molecule has 1 amide bonds. The highest BCUT2D eigenvalue weighted by molar-refractivity contribution is 5.94. The van der Waals surface area contributed by atoms with Gasteiger partial charge >= 0.3 is 0 Å². The van der Waals surface area contributed by atoms with E-state index >= 15 is 0 Å². The van der Waals surface area contributed by atoms with Crippen molar-refractivity contribution in [3.8, 4) is 0 Å². The van der Waals surface area contributed by atoms with Gasteiger partial charge in [0, 0.05) is 11.6 Å². The fourth-order valence-electron chi connectivity index (χ4n) is 2.22. The minimum Gasteiger partial charge on any atom is -0.467 e. The maximum atomic E-state index is 13.6. The zero-order chi connectivity index (χ0) is 14.1. The second-order valence-electron chi connectivity index (χ2n) is 5.21. The number of rotatable bonds is 4. The largest absolute Gasteiger partial charge is 0.467 e. The number of benzene rings is 1. The highest BCUT2D eigenvalue weighted by atomic mass is 19.1. The van der Waals surface area contributed by atoms with Crippen LogP contribution >= 0.6 is 0 Å². The van der Waals surface area contributed by atoms with Crippen molar-refractivity contribution in [2.75, 3.05) is 0 Å². The Hall–Kier alpha value is -2.10. The van der Waals surface area contributed by atoms with Gasteiger partial charge in [-0.05, 0) is 49.6 Å². The summed E-state index contributed by atoms with van der Waals surface area (Å²) >= 11 is 0. The van der Waals surface area contributed by atoms with Crippen molar-refractivity contribution in [2.24, 2.45) is 0 Å². The van der Waals surface area contributed by atoms with E-state index in [2.05, 4.69) is 0 Å². The highest BCUT2D eigenvalue weighted by Gasteiger charge is 2.33. The summed E-state index contributed by atoms with van der Waals surface area (Å²) < 4.78 is 18.9. The van der Waals surface area contributed by atoms with E-state index in [0.717, 1.165) is 18.6 Å². The van der Waals surface area contributed by atoms with Crippen LogP contribution in [0.25, 0.3) is 0 Å². The van der Waals surface area contributed by atoms with Crippen molar-refractivity contribution >= 4 is 5.91 Å². The molecule has 0 unspecified atom stereocenters. The van der Waals surface area contributed by atoms with Gasteiger partial charge in [-0.25, -0.2) is 4.39 Å². The standard InChI is InChI=1S/C16H16FNO2/c1-11-4-5-12(9-15(11)17)16(19)18(13-6-7-13)10-14-3-2-8-20-14/h2-5,8-9,13H,6-7,10H2,1H3. The van der Waals surface area contributed by atoms with Gasteiger partial charge in [-0.15, -0.1) is 0 Å².